The van der Waals surface area contributed by atoms with Gasteiger partial charge in [0.2, 0.25) is 0 Å². The Morgan fingerprint density at radius 2 is 2.11 bits per heavy atom. The van der Waals surface area contributed by atoms with E-state index in [1.165, 1.54) is 6.07 Å². The average molecular weight is 324 g/mol. The van der Waals surface area contributed by atoms with E-state index in [-0.39, 0.29) is 11.7 Å². The lowest BCUT2D eigenvalue weighted by atomic mass is 10.2. The third kappa shape index (κ3) is 3.17. The smallest absolute Gasteiger partial charge is 0.254 e. The molecule has 1 heterocycles. The molecule has 0 spiro atoms. The second-order valence-corrected chi connectivity index (χ2v) is 5.19. The Bertz CT molecular complexity index is 606. The van der Waals surface area contributed by atoms with Crippen LogP contribution in [0.5, 0.6) is 5.75 Å². The van der Waals surface area contributed by atoms with Crippen LogP contribution in [-0.4, -0.2) is 23.0 Å². The number of hydrogen-bond acceptors (Lipinski definition) is 3. The molecule has 100 valence electrons. The standard InChI is InChI=1S/C14H14BrNO3/c1-9-3-5-11(19-9)8-16(2)14(18)10-4-6-12(15)13(17)7-10/h3-7,17H,8H2,1-2H3. The fraction of sp³-hybridized carbons (Fsp3) is 0.214. The van der Waals surface area contributed by atoms with Gasteiger partial charge in [-0.05, 0) is 53.2 Å². The number of furan rings is 1. The largest absolute Gasteiger partial charge is 0.507 e. The van der Waals surface area contributed by atoms with Crippen LogP contribution in [0.15, 0.2) is 39.2 Å². The Hall–Kier alpha value is -1.75. The first-order valence-electron chi connectivity index (χ1n) is 5.76. The van der Waals surface area contributed by atoms with Crippen LogP contribution in [0.3, 0.4) is 0 Å². The lowest BCUT2D eigenvalue weighted by Crippen LogP contribution is -2.25. The molecule has 1 N–H and O–H groups in total. The Morgan fingerprint density at radius 1 is 1.37 bits per heavy atom. The number of amides is 1. The molecule has 0 bridgehead atoms. The molecule has 0 aliphatic heterocycles. The van der Waals surface area contributed by atoms with E-state index >= 15 is 0 Å². The topological polar surface area (TPSA) is 53.7 Å². The van der Waals surface area contributed by atoms with Crippen LogP contribution < -0.4 is 0 Å². The molecule has 0 aliphatic rings. The molecule has 19 heavy (non-hydrogen) atoms. The number of carbonyl (C=O) groups excluding carboxylic acids is 1. The molecular formula is C14H14BrNO3. The minimum Gasteiger partial charge on any atom is -0.507 e. The Morgan fingerprint density at radius 3 is 2.68 bits per heavy atom. The molecule has 0 saturated carbocycles. The van der Waals surface area contributed by atoms with E-state index in [2.05, 4.69) is 15.9 Å². The number of hydrogen-bond donors (Lipinski definition) is 1. The molecule has 1 amide bonds. The maximum atomic E-state index is 12.2. The monoisotopic (exact) mass is 323 g/mol. The zero-order chi connectivity index (χ0) is 14.0. The first kappa shape index (κ1) is 13.7. The number of benzene rings is 1. The summed E-state index contributed by atoms with van der Waals surface area (Å²) >= 11 is 3.18. The second-order valence-electron chi connectivity index (χ2n) is 4.34. The quantitative estimate of drug-likeness (QED) is 0.942. The molecular weight excluding hydrogens is 310 g/mol. The van der Waals surface area contributed by atoms with Crippen LogP contribution in [0.1, 0.15) is 21.9 Å². The number of carbonyl (C=O) groups is 1. The van der Waals surface area contributed by atoms with Crippen molar-refractivity contribution in [2.75, 3.05) is 7.05 Å². The Labute approximate surface area is 119 Å². The van der Waals surface area contributed by atoms with Crippen molar-refractivity contribution >= 4 is 21.8 Å². The minimum atomic E-state index is -0.170. The van der Waals surface area contributed by atoms with E-state index in [0.29, 0.717) is 16.6 Å². The van der Waals surface area contributed by atoms with Crippen LogP contribution in [-0.2, 0) is 6.54 Å². The van der Waals surface area contributed by atoms with Gasteiger partial charge in [-0.3, -0.25) is 4.79 Å². The lowest BCUT2D eigenvalue weighted by molar-refractivity contribution is 0.0774. The SMILES string of the molecule is Cc1ccc(CN(C)C(=O)c2ccc(Br)c(O)c2)o1. The van der Waals surface area contributed by atoms with E-state index in [9.17, 15) is 9.90 Å². The highest BCUT2D eigenvalue weighted by Gasteiger charge is 2.14. The summed E-state index contributed by atoms with van der Waals surface area (Å²) in [6.45, 7) is 2.25. The Kier molecular flexibility index (Phi) is 3.95. The predicted octanol–water partition coefficient (Wildman–Crippen LogP) is 3.33. The van der Waals surface area contributed by atoms with Gasteiger partial charge in [0.25, 0.3) is 5.91 Å². The highest BCUT2D eigenvalue weighted by atomic mass is 79.9. The highest BCUT2D eigenvalue weighted by Crippen LogP contribution is 2.25. The summed E-state index contributed by atoms with van der Waals surface area (Å²) < 4.78 is 6.00. The Balaban J connectivity index is 2.12. The van der Waals surface area contributed by atoms with Crippen molar-refractivity contribution < 1.29 is 14.3 Å². The van der Waals surface area contributed by atoms with Gasteiger partial charge in [-0.15, -0.1) is 0 Å². The molecule has 0 atom stereocenters. The van der Waals surface area contributed by atoms with Crippen molar-refractivity contribution in [3.05, 3.63) is 51.9 Å². The van der Waals surface area contributed by atoms with Gasteiger partial charge < -0.3 is 14.4 Å². The van der Waals surface area contributed by atoms with E-state index in [4.69, 9.17) is 4.42 Å². The average Bonchev–Trinajstić information content (AvgIpc) is 2.77. The molecule has 0 unspecified atom stereocenters. The normalized spacial score (nSPS) is 10.5. The number of phenolic OH excluding ortho intramolecular Hbond substituents is 1. The van der Waals surface area contributed by atoms with Crippen LogP contribution in [0.2, 0.25) is 0 Å². The molecule has 2 aromatic rings. The number of halogens is 1. The van der Waals surface area contributed by atoms with Crippen molar-refractivity contribution in [1.29, 1.82) is 0 Å². The van der Waals surface area contributed by atoms with Crippen LogP contribution in [0, 0.1) is 6.92 Å². The van der Waals surface area contributed by atoms with Gasteiger partial charge in [-0.1, -0.05) is 0 Å². The molecule has 1 aromatic heterocycles. The fourth-order valence-electron chi connectivity index (χ4n) is 1.74. The van der Waals surface area contributed by atoms with Gasteiger partial charge in [0, 0.05) is 12.6 Å². The van der Waals surface area contributed by atoms with E-state index in [1.54, 1.807) is 24.1 Å². The zero-order valence-electron chi connectivity index (χ0n) is 10.7. The van der Waals surface area contributed by atoms with Crippen molar-refractivity contribution in [3.8, 4) is 5.75 Å². The summed E-state index contributed by atoms with van der Waals surface area (Å²) in [7, 11) is 1.69. The summed E-state index contributed by atoms with van der Waals surface area (Å²) in [5.41, 5.74) is 0.437. The molecule has 0 radical (unpaired) electrons. The molecule has 0 aliphatic carbocycles. The predicted molar refractivity (Wildman–Crippen MR) is 75.0 cm³/mol. The van der Waals surface area contributed by atoms with Gasteiger partial charge in [-0.2, -0.15) is 0 Å². The number of aryl methyl sites for hydroxylation is 1. The van der Waals surface area contributed by atoms with Gasteiger partial charge in [0.15, 0.2) is 0 Å². The first-order valence-corrected chi connectivity index (χ1v) is 6.56. The summed E-state index contributed by atoms with van der Waals surface area (Å²) in [4.78, 5) is 13.7. The minimum absolute atomic E-state index is 0.0492. The molecule has 5 heteroatoms. The van der Waals surface area contributed by atoms with Crippen LogP contribution in [0.4, 0.5) is 0 Å². The van der Waals surface area contributed by atoms with E-state index in [0.717, 1.165) is 11.5 Å². The zero-order valence-corrected chi connectivity index (χ0v) is 12.3. The highest BCUT2D eigenvalue weighted by molar-refractivity contribution is 9.10. The number of aromatic hydroxyl groups is 1. The van der Waals surface area contributed by atoms with Crippen LogP contribution >= 0.6 is 15.9 Å². The summed E-state index contributed by atoms with van der Waals surface area (Å²) in [6, 6.07) is 8.46. The molecule has 1 aromatic carbocycles. The van der Waals surface area contributed by atoms with Crippen molar-refractivity contribution in [2.45, 2.75) is 13.5 Å². The van der Waals surface area contributed by atoms with Crippen molar-refractivity contribution in [1.82, 2.24) is 4.90 Å². The molecule has 0 fully saturated rings. The first-order chi connectivity index (χ1) is 8.97. The van der Waals surface area contributed by atoms with Crippen molar-refractivity contribution in [3.63, 3.8) is 0 Å². The maximum absolute atomic E-state index is 12.2. The summed E-state index contributed by atoms with van der Waals surface area (Å²) in [5.74, 6) is 1.43. The number of rotatable bonds is 3. The number of nitrogens with zero attached hydrogens (tertiary/aromatic N) is 1. The molecule has 0 saturated heterocycles. The summed E-state index contributed by atoms with van der Waals surface area (Å²) in [6.07, 6.45) is 0. The lowest BCUT2D eigenvalue weighted by Gasteiger charge is -2.16. The molecule has 2 rings (SSSR count). The van der Waals surface area contributed by atoms with Gasteiger partial charge in [0.1, 0.15) is 17.3 Å². The number of phenols is 1. The van der Waals surface area contributed by atoms with E-state index < -0.39 is 0 Å². The fourth-order valence-corrected chi connectivity index (χ4v) is 1.99. The summed E-state index contributed by atoms with van der Waals surface area (Å²) in [5, 5.41) is 9.59. The van der Waals surface area contributed by atoms with Gasteiger partial charge in [0.05, 0.1) is 11.0 Å². The molecule has 4 nitrogen and oxygen atoms in total. The van der Waals surface area contributed by atoms with Gasteiger partial charge >= 0.3 is 0 Å². The van der Waals surface area contributed by atoms with Gasteiger partial charge in [-0.25, -0.2) is 0 Å². The second kappa shape index (κ2) is 5.48. The maximum Gasteiger partial charge on any atom is 0.254 e. The van der Waals surface area contributed by atoms with E-state index in [1.807, 2.05) is 19.1 Å². The third-order valence-corrected chi connectivity index (χ3v) is 3.40. The third-order valence-electron chi connectivity index (χ3n) is 2.73. The van der Waals surface area contributed by atoms with Crippen molar-refractivity contribution in [2.24, 2.45) is 0 Å². The van der Waals surface area contributed by atoms with Crippen LogP contribution in [0.25, 0.3) is 0 Å².